The Morgan fingerprint density at radius 2 is 0.812 bits per heavy atom. The smallest absolute Gasteiger partial charge is 0.315 e. The van der Waals surface area contributed by atoms with Crippen LogP contribution in [0.5, 0.6) is 0 Å². The maximum absolute atomic E-state index is 13.0. The Bertz CT molecular complexity index is 769. The van der Waals surface area contributed by atoms with Crippen molar-refractivity contribution in [3.8, 4) is 0 Å². The van der Waals surface area contributed by atoms with Crippen molar-refractivity contribution in [1.82, 2.24) is 15.5 Å². The summed E-state index contributed by atoms with van der Waals surface area (Å²) < 4.78 is 0. The van der Waals surface area contributed by atoms with Gasteiger partial charge in [-0.1, -0.05) is 153 Å². The molecular weight excluding hydrogens is 590 g/mol. The van der Waals surface area contributed by atoms with Gasteiger partial charge in [0, 0.05) is 19.6 Å². The van der Waals surface area contributed by atoms with Gasteiger partial charge in [-0.15, -0.1) is 0 Å². The fourth-order valence-electron chi connectivity index (χ4n) is 5.65. The number of nitrogens with zero attached hydrogens (tertiary/aromatic N) is 1. The quantitative estimate of drug-likeness (QED) is 0.0521. The molecule has 3 amide bonds. The third-order valence-corrected chi connectivity index (χ3v) is 8.83. The lowest BCUT2D eigenvalue weighted by Crippen LogP contribution is -2.44. The van der Waals surface area contributed by atoms with Gasteiger partial charge in [0.2, 0.25) is 5.91 Å². The number of rotatable bonds is 35. The summed E-state index contributed by atoms with van der Waals surface area (Å²) >= 11 is 0. The first-order valence-electron chi connectivity index (χ1n) is 20.5. The van der Waals surface area contributed by atoms with E-state index < -0.39 is 0 Å². The van der Waals surface area contributed by atoms with E-state index in [9.17, 15) is 9.59 Å². The van der Waals surface area contributed by atoms with E-state index in [2.05, 4.69) is 80.0 Å². The lowest BCUT2D eigenvalue weighted by molar-refractivity contribution is -0.130. The zero-order chi connectivity index (χ0) is 35.0. The van der Waals surface area contributed by atoms with Gasteiger partial charge in [0.15, 0.2) is 0 Å². The van der Waals surface area contributed by atoms with Crippen LogP contribution in [0.3, 0.4) is 0 Å². The van der Waals surface area contributed by atoms with Crippen LogP contribution >= 0.6 is 0 Å². The number of hydrogen-bond acceptors (Lipinski definition) is 2. The van der Waals surface area contributed by atoms with E-state index in [1.165, 1.54) is 116 Å². The molecule has 0 saturated heterocycles. The Balaban J connectivity index is 4.17. The molecule has 0 bridgehead atoms. The van der Waals surface area contributed by atoms with Gasteiger partial charge in [-0.3, -0.25) is 4.79 Å². The largest absolute Gasteiger partial charge is 0.341 e. The third-order valence-electron chi connectivity index (χ3n) is 8.83. The van der Waals surface area contributed by atoms with Crippen LogP contribution in [0, 0.1) is 0 Å². The van der Waals surface area contributed by atoms with E-state index in [0.29, 0.717) is 6.54 Å². The number of carbonyl (C=O) groups excluding carboxylic acids is 2. The zero-order valence-electron chi connectivity index (χ0n) is 32.1. The van der Waals surface area contributed by atoms with Gasteiger partial charge < -0.3 is 15.5 Å². The average molecular weight is 670 g/mol. The van der Waals surface area contributed by atoms with Crippen molar-refractivity contribution in [1.29, 1.82) is 0 Å². The second-order valence-electron chi connectivity index (χ2n) is 13.5. The molecule has 0 radical (unpaired) electrons. The van der Waals surface area contributed by atoms with Crippen LogP contribution in [0.15, 0.2) is 48.6 Å². The number of hydrogen-bond donors (Lipinski definition) is 2. The highest BCUT2D eigenvalue weighted by molar-refractivity contribution is 5.83. The van der Waals surface area contributed by atoms with Crippen LogP contribution in [0.25, 0.3) is 0 Å². The molecule has 278 valence electrons. The number of amides is 3. The Labute approximate surface area is 298 Å². The molecule has 0 aromatic carbocycles. The second kappa shape index (κ2) is 39.1. The maximum Gasteiger partial charge on any atom is 0.315 e. The normalized spacial score (nSPS) is 11.9. The van der Waals surface area contributed by atoms with Crippen molar-refractivity contribution in [3.05, 3.63) is 48.6 Å². The van der Waals surface area contributed by atoms with Crippen LogP contribution in [-0.2, 0) is 4.79 Å². The number of allylic oxidation sites excluding steroid dienone is 8. The average Bonchev–Trinajstić information content (AvgIpc) is 3.09. The summed E-state index contributed by atoms with van der Waals surface area (Å²) in [6.45, 7) is 8.94. The first-order chi connectivity index (χ1) is 23.7. The van der Waals surface area contributed by atoms with Crippen molar-refractivity contribution in [2.24, 2.45) is 0 Å². The molecular formula is C43H79N3O2. The fourth-order valence-corrected chi connectivity index (χ4v) is 5.65. The molecule has 0 aromatic heterocycles. The molecule has 2 N–H and O–H groups in total. The highest BCUT2D eigenvalue weighted by Crippen LogP contribution is 2.12. The van der Waals surface area contributed by atoms with Crippen molar-refractivity contribution in [2.45, 2.75) is 188 Å². The van der Waals surface area contributed by atoms with Gasteiger partial charge in [-0.05, 0) is 83.5 Å². The molecule has 5 nitrogen and oxygen atoms in total. The van der Waals surface area contributed by atoms with E-state index in [1.807, 2.05) is 4.90 Å². The minimum Gasteiger partial charge on any atom is -0.341 e. The minimum atomic E-state index is -0.237. The summed E-state index contributed by atoms with van der Waals surface area (Å²) in [6, 6.07) is -0.237. The number of urea groups is 1. The van der Waals surface area contributed by atoms with Crippen molar-refractivity contribution >= 4 is 11.9 Å². The number of unbranched alkanes of at least 4 members (excludes halogenated alkanes) is 19. The van der Waals surface area contributed by atoms with Crippen molar-refractivity contribution < 1.29 is 9.59 Å². The summed E-state index contributed by atoms with van der Waals surface area (Å²) in [6.07, 6.45) is 49.9. The summed E-state index contributed by atoms with van der Waals surface area (Å²) in [5, 5.41) is 5.62. The van der Waals surface area contributed by atoms with E-state index >= 15 is 0 Å². The predicted octanol–water partition coefficient (Wildman–Crippen LogP) is 12.5. The monoisotopic (exact) mass is 670 g/mol. The lowest BCUT2D eigenvalue weighted by Gasteiger charge is -2.23. The Kier molecular flexibility index (Phi) is 37.3. The second-order valence-corrected chi connectivity index (χ2v) is 13.5. The van der Waals surface area contributed by atoms with Crippen LogP contribution in [0.4, 0.5) is 4.79 Å². The highest BCUT2D eigenvalue weighted by Gasteiger charge is 2.14. The molecule has 48 heavy (non-hydrogen) atoms. The SMILES string of the molecule is CCCCC/C=C\C/C=C\CCCCCCCCN(CCCCCCCC/C=C\C/C=C\CCCCC)C(=O)CNC(=O)NCCCC. The topological polar surface area (TPSA) is 61.4 Å². The van der Waals surface area contributed by atoms with Gasteiger partial charge in [-0.2, -0.15) is 0 Å². The minimum absolute atomic E-state index is 0.0471. The first kappa shape index (κ1) is 45.7. The van der Waals surface area contributed by atoms with Gasteiger partial charge in [0.1, 0.15) is 0 Å². The molecule has 0 atom stereocenters. The van der Waals surface area contributed by atoms with E-state index in [1.54, 1.807) is 0 Å². The first-order valence-corrected chi connectivity index (χ1v) is 20.5. The van der Waals surface area contributed by atoms with Crippen molar-refractivity contribution in [2.75, 3.05) is 26.2 Å². The molecule has 0 rings (SSSR count). The highest BCUT2D eigenvalue weighted by atomic mass is 16.2. The Hall–Kier alpha value is -2.30. The molecule has 0 fully saturated rings. The Morgan fingerprint density at radius 3 is 1.23 bits per heavy atom. The van der Waals surface area contributed by atoms with Gasteiger partial charge in [-0.25, -0.2) is 4.79 Å². The maximum atomic E-state index is 13.0. The summed E-state index contributed by atoms with van der Waals surface area (Å²) in [5.41, 5.74) is 0. The molecule has 0 saturated carbocycles. The molecule has 0 aliphatic rings. The van der Waals surface area contributed by atoms with Crippen molar-refractivity contribution in [3.63, 3.8) is 0 Å². The van der Waals surface area contributed by atoms with E-state index in [0.717, 1.165) is 64.5 Å². The molecule has 0 aliphatic carbocycles. The predicted molar refractivity (Wildman–Crippen MR) is 212 cm³/mol. The summed E-state index contributed by atoms with van der Waals surface area (Å²) in [7, 11) is 0. The standard InChI is InChI=1S/C43H79N3O2/c1-4-7-10-12-14-16-18-20-22-24-26-28-30-32-34-36-39-46(42(47)41-45-43(48)44-38-9-6-3)40-37-35-33-31-29-27-25-23-21-19-17-15-13-11-8-5-2/h14-17,20-23H,4-13,18-19,24-41H2,1-3H3,(H2,44,45,48)/b16-14-,17-15-,22-20-,23-21-. The van der Waals surface area contributed by atoms with E-state index in [-0.39, 0.29) is 18.5 Å². The Morgan fingerprint density at radius 1 is 0.438 bits per heavy atom. The summed E-state index contributed by atoms with van der Waals surface area (Å²) in [5.74, 6) is 0.0471. The third kappa shape index (κ3) is 35.0. The fraction of sp³-hybridized carbons (Fsp3) is 0.767. The number of nitrogens with one attached hydrogen (secondary N) is 2. The zero-order valence-corrected chi connectivity index (χ0v) is 32.1. The molecule has 0 unspecified atom stereocenters. The molecule has 0 aliphatic heterocycles. The number of carbonyl (C=O) groups is 2. The molecule has 0 aromatic rings. The molecule has 5 heteroatoms. The van der Waals surface area contributed by atoms with Crippen LogP contribution in [-0.4, -0.2) is 43.0 Å². The molecule has 0 spiro atoms. The van der Waals surface area contributed by atoms with Crippen LogP contribution < -0.4 is 10.6 Å². The van der Waals surface area contributed by atoms with Gasteiger partial charge in [0.25, 0.3) is 0 Å². The van der Waals surface area contributed by atoms with E-state index in [4.69, 9.17) is 0 Å². The van der Waals surface area contributed by atoms with Gasteiger partial charge >= 0.3 is 6.03 Å². The van der Waals surface area contributed by atoms with Gasteiger partial charge in [0.05, 0.1) is 6.54 Å². The lowest BCUT2D eigenvalue weighted by atomic mass is 10.1. The van der Waals surface area contributed by atoms with Crippen LogP contribution in [0.2, 0.25) is 0 Å². The van der Waals surface area contributed by atoms with Crippen LogP contribution in [0.1, 0.15) is 188 Å². The molecule has 0 heterocycles. The summed E-state index contributed by atoms with van der Waals surface area (Å²) in [4.78, 5) is 27.1.